The number of aromatic carboxylic acids is 1. The van der Waals surface area contributed by atoms with Crippen molar-refractivity contribution in [1.29, 1.82) is 0 Å². The number of hydrogen-bond donors (Lipinski definition) is 3. The largest absolute Gasteiger partial charge is 0.478 e. The number of carbonyl (C=O) groups excluding carboxylic acids is 1. The summed E-state index contributed by atoms with van der Waals surface area (Å²) < 4.78 is 30.9. The molecule has 0 aliphatic heterocycles. The van der Waals surface area contributed by atoms with Crippen molar-refractivity contribution in [2.75, 3.05) is 0 Å². The monoisotopic (exact) mass is 321 g/mol. The summed E-state index contributed by atoms with van der Waals surface area (Å²) >= 11 is 0. The molecular weight excluding hydrogens is 310 g/mol. The summed E-state index contributed by atoms with van der Waals surface area (Å²) in [6.45, 7) is 0. The number of carboxylic acid groups (broad SMARTS) is 1. The summed E-state index contributed by atoms with van der Waals surface area (Å²) in [5.74, 6) is -2.21. The van der Waals surface area contributed by atoms with Gasteiger partial charge in [0.1, 0.15) is 0 Å². The highest BCUT2D eigenvalue weighted by Gasteiger charge is 2.19. The van der Waals surface area contributed by atoms with Gasteiger partial charge in [0.2, 0.25) is 5.91 Å². The Bertz CT molecular complexity index is 855. The van der Waals surface area contributed by atoms with Gasteiger partial charge in [-0.05, 0) is 29.3 Å². The Morgan fingerprint density at radius 1 is 1.00 bits per heavy atom. The van der Waals surface area contributed by atoms with Crippen LogP contribution in [0, 0.1) is 0 Å². The fourth-order valence-electron chi connectivity index (χ4n) is 2.04. The van der Waals surface area contributed by atoms with E-state index >= 15 is 0 Å². The maximum Gasteiger partial charge on any atom is 0.336 e. The Kier molecular flexibility index (Phi) is 3.98. The van der Waals surface area contributed by atoms with E-state index in [0.717, 1.165) is 12.1 Å². The van der Waals surface area contributed by atoms with Crippen LogP contribution in [-0.2, 0) is 10.1 Å². The van der Waals surface area contributed by atoms with Crippen LogP contribution in [0.4, 0.5) is 0 Å². The Hall–Kier alpha value is -2.71. The van der Waals surface area contributed by atoms with E-state index < -0.39 is 22.0 Å². The minimum absolute atomic E-state index is 0.172. The third-order valence-corrected chi connectivity index (χ3v) is 3.87. The van der Waals surface area contributed by atoms with Crippen LogP contribution in [0.5, 0.6) is 0 Å². The predicted octanol–water partition coefficient (Wildman–Crippen LogP) is 1.40. The smallest absolute Gasteiger partial charge is 0.336 e. The number of rotatable bonds is 4. The first-order valence-electron chi connectivity index (χ1n) is 5.96. The van der Waals surface area contributed by atoms with Crippen LogP contribution in [0.2, 0.25) is 0 Å². The summed E-state index contributed by atoms with van der Waals surface area (Å²) in [6, 6.07) is 9.16. The van der Waals surface area contributed by atoms with Crippen molar-refractivity contribution in [2.45, 2.75) is 4.90 Å². The van der Waals surface area contributed by atoms with Gasteiger partial charge in [-0.15, -0.1) is 0 Å². The van der Waals surface area contributed by atoms with Crippen LogP contribution >= 0.6 is 0 Å². The molecule has 0 heterocycles. The molecule has 2 aromatic rings. The fraction of sp³-hybridized carbons (Fsp3) is 0. The number of benzene rings is 2. The third-order valence-electron chi connectivity index (χ3n) is 3.00. The van der Waals surface area contributed by atoms with E-state index in [-0.39, 0.29) is 21.6 Å². The van der Waals surface area contributed by atoms with Gasteiger partial charge >= 0.3 is 5.97 Å². The summed E-state index contributed by atoms with van der Waals surface area (Å²) in [5.41, 5.74) is 5.48. The van der Waals surface area contributed by atoms with E-state index in [9.17, 15) is 18.0 Å². The molecule has 0 aliphatic rings. The summed E-state index contributed by atoms with van der Waals surface area (Å²) in [6.07, 6.45) is 0. The number of nitrogens with two attached hydrogens (primary N) is 1. The normalized spacial score (nSPS) is 11.1. The molecule has 0 bridgehead atoms. The first-order valence-corrected chi connectivity index (χ1v) is 7.40. The summed E-state index contributed by atoms with van der Waals surface area (Å²) in [7, 11) is -4.34. The molecule has 2 aromatic carbocycles. The second kappa shape index (κ2) is 5.58. The molecule has 0 aliphatic carbocycles. The molecule has 8 heteroatoms. The Morgan fingerprint density at radius 3 is 2.05 bits per heavy atom. The Balaban J connectivity index is 2.65. The highest BCUT2D eigenvalue weighted by molar-refractivity contribution is 7.85. The molecule has 114 valence electrons. The van der Waals surface area contributed by atoms with Gasteiger partial charge in [0.25, 0.3) is 10.1 Å². The number of carbonyl (C=O) groups is 2. The summed E-state index contributed by atoms with van der Waals surface area (Å²) in [4.78, 5) is 22.4. The number of amides is 1. The molecule has 0 saturated carbocycles. The SMILES string of the molecule is NC(=O)c1c(C(=O)O)cccc1-c1ccc(S(=O)(=O)O)cc1. The zero-order valence-electron chi connectivity index (χ0n) is 11.1. The van der Waals surface area contributed by atoms with E-state index in [4.69, 9.17) is 15.4 Å². The first-order chi connectivity index (χ1) is 10.2. The molecule has 0 saturated heterocycles. The highest BCUT2D eigenvalue weighted by Crippen LogP contribution is 2.27. The molecule has 7 nitrogen and oxygen atoms in total. The van der Waals surface area contributed by atoms with Gasteiger partial charge in [0.15, 0.2) is 0 Å². The van der Waals surface area contributed by atoms with Crippen LogP contribution < -0.4 is 5.73 Å². The molecule has 0 spiro atoms. The maximum atomic E-state index is 11.6. The van der Waals surface area contributed by atoms with E-state index in [1.165, 1.54) is 30.3 Å². The second-order valence-corrected chi connectivity index (χ2v) is 5.82. The maximum absolute atomic E-state index is 11.6. The summed E-state index contributed by atoms with van der Waals surface area (Å²) in [5, 5.41) is 9.12. The van der Waals surface area contributed by atoms with E-state index in [0.29, 0.717) is 5.56 Å². The van der Waals surface area contributed by atoms with Crippen molar-refractivity contribution in [3.8, 4) is 11.1 Å². The standard InChI is InChI=1S/C14H11NO6S/c15-13(16)12-10(2-1-3-11(12)14(17)18)8-4-6-9(7-5-8)22(19,20)21/h1-7H,(H2,15,16)(H,17,18)(H,19,20,21). The van der Waals surface area contributed by atoms with E-state index in [1.54, 1.807) is 0 Å². The van der Waals surface area contributed by atoms with Gasteiger partial charge in [-0.25, -0.2) is 4.79 Å². The topological polar surface area (TPSA) is 135 Å². The molecular formula is C14H11NO6S. The lowest BCUT2D eigenvalue weighted by Gasteiger charge is -2.10. The van der Waals surface area contributed by atoms with Crippen molar-refractivity contribution in [3.05, 3.63) is 53.6 Å². The quantitative estimate of drug-likeness (QED) is 0.728. The van der Waals surface area contributed by atoms with Gasteiger partial charge in [-0.2, -0.15) is 8.42 Å². The zero-order chi connectivity index (χ0) is 16.5. The molecule has 22 heavy (non-hydrogen) atoms. The highest BCUT2D eigenvalue weighted by atomic mass is 32.2. The van der Waals surface area contributed by atoms with Crippen molar-refractivity contribution >= 4 is 22.0 Å². The zero-order valence-corrected chi connectivity index (χ0v) is 11.9. The lowest BCUT2D eigenvalue weighted by molar-refractivity contribution is 0.0692. The van der Waals surface area contributed by atoms with Crippen molar-refractivity contribution in [1.82, 2.24) is 0 Å². The molecule has 1 amide bonds. The number of primary amides is 1. The van der Waals surface area contributed by atoms with Gasteiger partial charge in [0, 0.05) is 0 Å². The fourth-order valence-corrected chi connectivity index (χ4v) is 2.52. The second-order valence-electron chi connectivity index (χ2n) is 4.40. The van der Waals surface area contributed by atoms with E-state index in [1.807, 2.05) is 0 Å². The van der Waals surface area contributed by atoms with Crippen molar-refractivity contribution in [2.24, 2.45) is 5.73 Å². The predicted molar refractivity (Wildman–Crippen MR) is 77.2 cm³/mol. The number of carboxylic acids is 1. The molecule has 0 unspecified atom stereocenters. The van der Waals surface area contributed by atoms with Gasteiger partial charge in [0.05, 0.1) is 16.0 Å². The lowest BCUT2D eigenvalue weighted by Crippen LogP contribution is -2.17. The van der Waals surface area contributed by atoms with Crippen molar-refractivity contribution in [3.63, 3.8) is 0 Å². The number of hydrogen-bond acceptors (Lipinski definition) is 4. The van der Waals surface area contributed by atoms with Crippen LogP contribution in [0.15, 0.2) is 47.4 Å². The first kappa shape index (κ1) is 15.7. The van der Waals surface area contributed by atoms with Crippen LogP contribution in [-0.4, -0.2) is 30.0 Å². The third kappa shape index (κ3) is 2.97. The Morgan fingerprint density at radius 2 is 1.59 bits per heavy atom. The van der Waals surface area contributed by atoms with Gasteiger partial charge in [-0.1, -0.05) is 24.3 Å². The minimum Gasteiger partial charge on any atom is -0.478 e. The average Bonchev–Trinajstić information content (AvgIpc) is 2.45. The van der Waals surface area contributed by atoms with Gasteiger partial charge in [-0.3, -0.25) is 9.35 Å². The molecule has 4 N–H and O–H groups in total. The molecule has 0 atom stereocenters. The van der Waals surface area contributed by atoms with E-state index in [2.05, 4.69) is 0 Å². The minimum atomic E-state index is -4.34. The van der Waals surface area contributed by atoms with Crippen LogP contribution in [0.3, 0.4) is 0 Å². The van der Waals surface area contributed by atoms with Crippen LogP contribution in [0.1, 0.15) is 20.7 Å². The molecule has 0 aromatic heterocycles. The lowest BCUT2D eigenvalue weighted by atomic mass is 9.95. The average molecular weight is 321 g/mol. The van der Waals surface area contributed by atoms with Crippen LogP contribution in [0.25, 0.3) is 11.1 Å². The Labute approximate surface area is 125 Å². The molecule has 0 radical (unpaired) electrons. The molecule has 2 rings (SSSR count). The van der Waals surface area contributed by atoms with Gasteiger partial charge < -0.3 is 10.8 Å². The molecule has 0 fully saturated rings. The van der Waals surface area contributed by atoms with Crippen molar-refractivity contribution < 1.29 is 27.7 Å².